The predicted octanol–water partition coefficient (Wildman–Crippen LogP) is 3.27. The Morgan fingerprint density at radius 3 is 2.32 bits per heavy atom. The van der Waals surface area contributed by atoms with Gasteiger partial charge in [-0.25, -0.2) is 8.42 Å². The van der Waals surface area contributed by atoms with Gasteiger partial charge in [-0.1, -0.05) is 18.2 Å². The minimum Gasteiger partial charge on any atom is -0.473 e. The summed E-state index contributed by atoms with van der Waals surface area (Å²) >= 11 is 0. The Morgan fingerprint density at radius 2 is 1.72 bits per heavy atom. The quantitative estimate of drug-likeness (QED) is 0.621. The fourth-order valence-corrected chi connectivity index (χ4v) is 4.58. The van der Waals surface area contributed by atoms with Crippen LogP contribution in [0.4, 0.5) is 0 Å². The Bertz CT molecular complexity index is 946. The van der Waals surface area contributed by atoms with E-state index in [1.54, 1.807) is 30.3 Å². The smallest absolute Gasteiger partial charge is 0.308 e. The monoisotopic (exact) mass is 360 g/mol. The first-order chi connectivity index (χ1) is 11.7. The molecule has 0 aliphatic carbocycles. The predicted molar refractivity (Wildman–Crippen MR) is 93.7 cm³/mol. The standard InChI is InChI=1S/C19H20O5S/c1-11-12(2)19-16(13(3)18(11)23-14(4)20)10-17(24-19)25(21,22)15-8-6-5-7-9-15/h5-9,17H,10H2,1-4H3. The molecule has 1 atom stereocenters. The van der Waals surface area contributed by atoms with Crippen molar-refractivity contribution in [3.8, 4) is 11.5 Å². The van der Waals surface area contributed by atoms with E-state index in [0.29, 0.717) is 11.5 Å². The van der Waals surface area contributed by atoms with Crippen LogP contribution in [-0.4, -0.2) is 19.8 Å². The summed E-state index contributed by atoms with van der Waals surface area (Å²) in [6.07, 6.45) is 0.230. The summed E-state index contributed by atoms with van der Waals surface area (Å²) in [6.45, 7) is 6.85. The molecule has 1 aliphatic heterocycles. The zero-order valence-corrected chi connectivity index (χ0v) is 15.4. The van der Waals surface area contributed by atoms with Crippen LogP contribution in [0.3, 0.4) is 0 Å². The van der Waals surface area contributed by atoms with Gasteiger partial charge in [0.2, 0.25) is 15.3 Å². The maximum Gasteiger partial charge on any atom is 0.308 e. The molecule has 0 spiro atoms. The molecule has 25 heavy (non-hydrogen) atoms. The Morgan fingerprint density at radius 1 is 1.08 bits per heavy atom. The Kier molecular flexibility index (Phi) is 4.33. The van der Waals surface area contributed by atoms with Crippen LogP contribution in [0, 0.1) is 20.8 Å². The van der Waals surface area contributed by atoms with Crippen molar-refractivity contribution in [3.05, 3.63) is 52.6 Å². The van der Waals surface area contributed by atoms with Crippen LogP contribution in [0.2, 0.25) is 0 Å². The highest BCUT2D eigenvalue weighted by Crippen LogP contribution is 2.44. The van der Waals surface area contributed by atoms with E-state index in [4.69, 9.17) is 9.47 Å². The molecule has 0 saturated carbocycles. The summed E-state index contributed by atoms with van der Waals surface area (Å²) in [6, 6.07) is 8.28. The molecule has 2 aromatic rings. The lowest BCUT2D eigenvalue weighted by Crippen LogP contribution is -2.25. The fraction of sp³-hybridized carbons (Fsp3) is 0.316. The Balaban J connectivity index is 2.05. The molecule has 5 nitrogen and oxygen atoms in total. The lowest BCUT2D eigenvalue weighted by molar-refractivity contribution is -0.131. The molecule has 1 heterocycles. The van der Waals surface area contributed by atoms with Gasteiger partial charge in [0, 0.05) is 18.9 Å². The van der Waals surface area contributed by atoms with E-state index in [9.17, 15) is 13.2 Å². The molecular weight excluding hydrogens is 340 g/mol. The van der Waals surface area contributed by atoms with E-state index in [2.05, 4.69) is 0 Å². The van der Waals surface area contributed by atoms with Gasteiger partial charge in [0.25, 0.3) is 0 Å². The van der Waals surface area contributed by atoms with E-state index in [-0.39, 0.29) is 11.3 Å². The van der Waals surface area contributed by atoms with Crippen LogP contribution in [0.1, 0.15) is 29.2 Å². The Hall–Kier alpha value is -2.34. The first kappa shape index (κ1) is 17.5. The summed E-state index contributed by atoms with van der Waals surface area (Å²) in [5, 5.41) is 0. The number of benzene rings is 2. The van der Waals surface area contributed by atoms with Crippen molar-refractivity contribution in [1.82, 2.24) is 0 Å². The first-order valence-electron chi connectivity index (χ1n) is 8.00. The van der Waals surface area contributed by atoms with Crippen molar-refractivity contribution in [2.24, 2.45) is 0 Å². The summed E-state index contributed by atoms with van der Waals surface area (Å²) in [5.74, 6) is 0.665. The van der Waals surface area contributed by atoms with Crippen LogP contribution < -0.4 is 9.47 Å². The van der Waals surface area contributed by atoms with Gasteiger partial charge in [-0.2, -0.15) is 0 Å². The van der Waals surface area contributed by atoms with Crippen molar-refractivity contribution >= 4 is 15.8 Å². The van der Waals surface area contributed by atoms with Gasteiger partial charge in [0.15, 0.2) is 0 Å². The normalized spacial score (nSPS) is 16.2. The zero-order valence-electron chi connectivity index (χ0n) is 14.6. The highest BCUT2D eigenvalue weighted by Gasteiger charge is 2.38. The summed E-state index contributed by atoms with van der Waals surface area (Å²) in [7, 11) is -3.62. The molecule has 0 saturated heterocycles. The number of esters is 1. The van der Waals surface area contributed by atoms with Crippen LogP contribution in [0.25, 0.3) is 0 Å². The SMILES string of the molecule is CC(=O)Oc1c(C)c(C)c2c(c1C)CC(S(=O)(=O)c1ccccc1)O2. The number of carbonyl (C=O) groups is 1. The third-order valence-electron chi connectivity index (χ3n) is 4.59. The van der Waals surface area contributed by atoms with Gasteiger partial charge in [0.05, 0.1) is 4.90 Å². The van der Waals surface area contributed by atoms with E-state index in [0.717, 1.165) is 22.3 Å². The van der Waals surface area contributed by atoms with Crippen LogP contribution in [-0.2, 0) is 21.1 Å². The van der Waals surface area contributed by atoms with Crippen LogP contribution >= 0.6 is 0 Å². The summed E-state index contributed by atoms with van der Waals surface area (Å²) in [4.78, 5) is 11.6. The van der Waals surface area contributed by atoms with Crippen molar-refractivity contribution in [2.45, 2.75) is 44.4 Å². The lowest BCUT2D eigenvalue weighted by atomic mass is 9.97. The average Bonchev–Trinajstić information content (AvgIpc) is 3.04. The second-order valence-electron chi connectivity index (χ2n) is 6.22. The molecule has 1 unspecified atom stereocenters. The number of rotatable bonds is 3. The van der Waals surface area contributed by atoms with Gasteiger partial charge < -0.3 is 9.47 Å². The minimum atomic E-state index is -3.62. The number of ether oxygens (including phenoxy) is 2. The third-order valence-corrected chi connectivity index (χ3v) is 6.48. The van der Waals surface area contributed by atoms with Crippen molar-refractivity contribution < 1.29 is 22.7 Å². The van der Waals surface area contributed by atoms with Gasteiger partial charge in [-0.15, -0.1) is 0 Å². The molecule has 3 rings (SSSR count). The second kappa shape index (κ2) is 6.19. The van der Waals surface area contributed by atoms with Crippen LogP contribution in [0.5, 0.6) is 11.5 Å². The van der Waals surface area contributed by atoms with Gasteiger partial charge in [-0.05, 0) is 49.6 Å². The molecule has 1 aliphatic rings. The zero-order chi connectivity index (χ0) is 18.4. The number of sulfone groups is 1. The maximum atomic E-state index is 12.9. The largest absolute Gasteiger partial charge is 0.473 e. The second-order valence-corrected chi connectivity index (χ2v) is 8.30. The lowest BCUT2D eigenvalue weighted by Gasteiger charge is -2.16. The fourth-order valence-electron chi connectivity index (χ4n) is 3.13. The molecule has 0 amide bonds. The van der Waals surface area contributed by atoms with Crippen molar-refractivity contribution in [3.63, 3.8) is 0 Å². The summed E-state index contributed by atoms with van der Waals surface area (Å²) in [5.41, 5.74) is 2.13. The molecule has 0 aromatic heterocycles. The molecule has 2 aromatic carbocycles. The molecule has 0 fully saturated rings. The minimum absolute atomic E-state index is 0.230. The van der Waals surface area contributed by atoms with E-state index >= 15 is 0 Å². The van der Waals surface area contributed by atoms with Crippen molar-refractivity contribution in [1.29, 1.82) is 0 Å². The summed E-state index contributed by atoms with van der Waals surface area (Å²) < 4.78 is 36.9. The molecular formula is C19H20O5S. The van der Waals surface area contributed by atoms with Gasteiger partial charge in [0.1, 0.15) is 11.5 Å². The highest BCUT2D eigenvalue weighted by molar-refractivity contribution is 7.92. The van der Waals surface area contributed by atoms with Gasteiger partial charge >= 0.3 is 5.97 Å². The molecule has 6 heteroatoms. The topological polar surface area (TPSA) is 69.7 Å². The van der Waals surface area contributed by atoms with E-state index in [1.807, 2.05) is 20.8 Å². The van der Waals surface area contributed by atoms with E-state index < -0.39 is 21.2 Å². The van der Waals surface area contributed by atoms with Crippen LogP contribution in [0.15, 0.2) is 35.2 Å². The number of hydrogen-bond donors (Lipinski definition) is 0. The Labute approximate surface area is 147 Å². The molecule has 0 radical (unpaired) electrons. The molecule has 132 valence electrons. The number of hydrogen-bond acceptors (Lipinski definition) is 5. The molecule has 0 bridgehead atoms. The third kappa shape index (κ3) is 2.91. The average molecular weight is 360 g/mol. The number of fused-ring (bicyclic) bond motifs is 1. The molecule has 0 N–H and O–H groups in total. The van der Waals surface area contributed by atoms with E-state index in [1.165, 1.54) is 6.92 Å². The van der Waals surface area contributed by atoms with Gasteiger partial charge in [-0.3, -0.25) is 4.79 Å². The highest BCUT2D eigenvalue weighted by atomic mass is 32.2. The van der Waals surface area contributed by atoms with Crippen molar-refractivity contribution in [2.75, 3.05) is 0 Å². The maximum absolute atomic E-state index is 12.9. The first-order valence-corrected chi connectivity index (χ1v) is 9.54. The number of carbonyl (C=O) groups excluding carboxylic acids is 1.